The lowest BCUT2D eigenvalue weighted by atomic mass is 10.0. The number of alkyl halides is 1. The number of halogens is 1. The number of aliphatic hydroxyl groups excluding tert-OH is 1. The Labute approximate surface area is 110 Å². The molecule has 1 unspecified atom stereocenters. The van der Waals surface area contributed by atoms with Crippen LogP contribution in [0, 0.1) is 0 Å². The first-order valence-corrected chi connectivity index (χ1v) is 5.88. The highest BCUT2D eigenvalue weighted by Gasteiger charge is 2.33. The number of carbonyl (C=O) groups excluding carboxylic acids is 1. The Kier molecular flexibility index (Phi) is 3.92. The number of rotatable bonds is 4. The zero-order valence-corrected chi connectivity index (χ0v) is 10.2. The van der Waals surface area contributed by atoms with E-state index in [0.717, 1.165) is 0 Å². The molecule has 0 aliphatic carbocycles. The molecular weight excluding hydrogens is 245 g/mol. The fourth-order valence-corrected chi connectivity index (χ4v) is 1.75. The van der Waals surface area contributed by atoms with E-state index in [9.17, 15) is 14.3 Å². The number of amides is 1. The smallest absolute Gasteiger partial charge is 0.254 e. The number of aliphatic hydroxyl groups is 1. The monoisotopic (exact) mass is 259 g/mol. The van der Waals surface area contributed by atoms with Crippen molar-refractivity contribution in [3.05, 3.63) is 71.8 Å². The number of carbonyl (C=O) groups is 1. The predicted molar refractivity (Wildman–Crippen MR) is 70.2 cm³/mol. The standard InChI is InChI=1S/C15H14FNO2/c16-15(11-18,13-9-5-2-6-10-13)17-14(19)12-7-3-1-4-8-12/h1-10,18H,11H2,(H,17,19). The minimum absolute atomic E-state index is 0.210. The average molecular weight is 259 g/mol. The van der Waals surface area contributed by atoms with Crippen molar-refractivity contribution >= 4 is 5.91 Å². The molecule has 19 heavy (non-hydrogen) atoms. The second kappa shape index (κ2) is 5.63. The van der Waals surface area contributed by atoms with Crippen LogP contribution >= 0.6 is 0 Å². The molecular formula is C15H14FNO2. The van der Waals surface area contributed by atoms with E-state index in [-0.39, 0.29) is 5.56 Å². The van der Waals surface area contributed by atoms with Crippen molar-refractivity contribution in [1.82, 2.24) is 5.32 Å². The molecule has 1 atom stereocenters. The summed E-state index contributed by atoms with van der Waals surface area (Å²) < 4.78 is 14.6. The Morgan fingerprint density at radius 3 is 2.11 bits per heavy atom. The van der Waals surface area contributed by atoms with Gasteiger partial charge in [-0.05, 0) is 12.1 Å². The van der Waals surface area contributed by atoms with Crippen LogP contribution in [0.1, 0.15) is 15.9 Å². The second-order valence-electron chi connectivity index (χ2n) is 4.15. The van der Waals surface area contributed by atoms with Crippen LogP contribution in [0.4, 0.5) is 4.39 Å². The summed E-state index contributed by atoms with van der Waals surface area (Å²) in [7, 11) is 0. The van der Waals surface area contributed by atoms with Gasteiger partial charge in [-0.1, -0.05) is 48.5 Å². The first-order chi connectivity index (χ1) is 9.15. The van der Waals surface area contributed by atoms with Crippen LogP contribution in [0.5, 0.6) is 0 Å². The molecule has 0 aliphatic heterocycles. The van der Waals surface area contributed by atoms with Gasteiger partial charge in [0.25, 0.3) is 5.91 Å². The normalized spacial score (nSPS) is 13.6. The minimum atomic E-state index is -2.28. The van der Waals surface area contributed by atoms with E-state index in [2.05, 4.69) is 5.32 Å². The van der Waals surface area contributed by atoms with Crippen molar-refractivity contribution in [1.29, 1.82) is 0 Å². The molecule has 0 bridgehead atoms. The van der Waals surface area contributed by atoms with Crippen LogP contribution in [-0.2, 0) is 5.79 Å². The highest BCUT2D eigenvalue weighted by Crippen LogP contribution is 2.22. The lowest BCUT2D eigenvalue weighted by Gasteiger charge is -2.24. The third-order valence-electron chi connectivity index (χ3n) is 2.80. The Morgan fingerprint density at radius 1 is 1.05 bits per heavy atom. The van der Waals surface area contributed by atoms with Gasteiger partial charge >= 0.3 is 0 Å². The SMILES string of the molecule is O=C(NC(F)(CO)c1ccccc1)c1ccccc1. The van der Waals surface area contributed by atoms with Crippen LogP contribution in [0.15, 0.2) is 60.7 Å². The van der Waals surface area contributed by atoms with E-state index >= 15 is 0 Å². The van der Waals surface area contributed by atoms with Gasteiger partial charge in [-0.25, -0.2) is 4.39 Å². The van der Waals surface area contributed by atoms with Gasteiger partial charge in [0.05, 0.1) is 0 Å². The van der Waals surface area contributed by atoms with Gasteiger partial charge in [-0.2, -0.15) is 0 Å². The molecule has 0 fully saturated rings. The Hall–Kier alpha value is -2.20. The maximum Gasteiger partial charge on any atom is 0.254 e. The van der Waals surface area contributed by atoms with Gasteiger partial charge in [0.15, 0.2) is 0 Å². The molecule has 0 radical (unpaired) electrons. The quantitative estimate of drug-likeness (QED) is 0.827. The van der Waals surface area contributed by atoms with Gasteiger partial charge < -0.3 is 10.4 Å². The number of hydrogen-bond donors (Lipinski definition) is 2. The second-order valence-corrected chi connectivity index (χ2v) is 4.15. The largest absolute Gasteiger partial charge is 0.391 e. The maximum absolute atomic E-state index is 14.6. The van der Waals surface area contributed by atoms with E-state index in [4.69, 9.17) is 0 Å². The van der Waals surface area contributed by atoms with Crippen molar-refractivity contribution in [2.75, 3.05) is 6.61 Å². The zero-order chi connectivity index (χ0) is 13.7. The minimum Gasteiger partial charge on any atom is -0.391 e. The summed E-state index contributed by atoms with van der Waals surface area (Å²) in [4.78, 5) is 11.9. The molecule has 0 saturated heterocycles. The molecule has 2 aromatic carbocycles. The van der Waals surface area contributed by atoms with Crippen molar-refractivity contribution in [2.24, 2.45) is 0 Å². The molecule has 2 N–H and O–H groups in total. The van der Waals surface area contributed by atoms with Gasteiger partial charge in [0.1, 0.15) is 6.61 Å². The van der Waals surface area contributed by atoms with Crippen LogP contribution in [-0.4, -0.2) is 17.6 Å². The number of nitrogens with one attached hydrogen (secondary N) is 1. The van der Waals surface area contributed by atoms with E-state index < -0.39 is 18.3 Å². The van der Waals surface area contributed by atoms with Gasteiger partial charge in [0.2, 0.25) is 5.79 Å². The van der Waals surface area contributed by atoms with Crippen LogP contribution in [0.2, 0.25) is 0 Å². The van der Waals surface area contributed by atoms with Gasteiger partial charge in [-0.3, -0.25) is 4.79 Å². The fraction of sp³-hybridized carbons (Fsp3) is 0.133. The van der Waals surface area contributed by atoms with Gasteiger partial charge in [-0.15, -0.1) is 0 Å². The molecule has 2 rings (SSSR count). The van der Waals surface area contributed by atoms with E-state index in [1.165, 1.54) is 12.1 Å². The van der Waals surface area contributed by atoms with Crippen LogP contribution in [0.25, 0.3) is 0 Å². The summed E-state index contributed by atoms with van der Waals surface area (Å²) >= 11 is 0. The van der Waals surface area contributed by atoms with Crippen LogP contribution in [0.3, 0.4) is 0 Å². The van der Waals surface area contributed by atoms with Crippen LogP contribution < -0.4 is 5.32 Å². The molecule has 0 heterocycles. The molecule has 4 heteroatoms. The summed E-state index contributed by atoms with van der Waals surface area (Å²) in [6, 6.07) is 16.4. The number of hydrogen-bond acceptors (Lipinski definition) is 2. The molecule has 0 spiro atoms. The van der Waals surface area contributed by atoms with Crippen molar-refractivity contribution in [2.45, 2.75) is 5.79 Å². The summed E-state index contributed by atoms with van der Waals surface area (Å²) in [6.45, 7) is -0.824. The summed E-state index contributed by atoms with van der Waals surface area (Å²) in [6.07, 6.45) is 0. The molecule has 1 amide bonds. The zero-order valence-electron chi connectivity index (χ0n) is 10.2. The lowest BCUT2D eigenvalue weighted by molar-refractivity contribution is 0.0313. The third kappa shape index (κ3) is 2.98. The molecule has 0 aromatic heterocycles. The van der Waals surface area contributed by atoms with E-state index in [1.807, 2.05) is 0 Å². The van der Waals surface area contributed by atoms with Crippen molar-refractivity contribution in [3.8, 4) is 0 Å². The lowest BCUT2D eigenvalue weighted by Crippen LogP contribution is -2.45. The van der Waals surface area contributed by atoms with E-state index in [0.29, 0.717) is 5.56 Å². The summed E-state index contributed by atoms with van der Waals surface area (Å²) in [5.41, 5.74) is 0.552. The van der Waals surface area contributed by atoms with E-state index in [1.54, 1.807) is 48.5 Å². The molecule has 0 saturated carbocycles. The number of benzene rings is 2. The Balaban J connectivity index is 2.22. The van der Waals surface area contributed by atoms with Crippen molar-refractivity contribution in [3.63, 3.8) is 0 Å². The Morgan fingerprint density at radius 2 is 1.58 bits per heavy atom. The highest BCUT2D eigenvalue weighted by molar-refractivity contribution is 5.94. The summed E-state index contributed by atoms with van der Waals surface area (Å²) in [5, 5.41) is 11.5. The molecule has 2 aromatic rings. The summed E-state index contributed by atoms with van der Waals surface area (Å²) in [5.74, 6) is -2.85. The molecule has 3 nitrogen and oxygen atoms in total. The first kappa shape index (κ1) is 13.2. The molecule has 0 aliphatic rings. The average Bonchev–Trinajstić information content (AvgIpc) is 2.49. The van der Waals surface area contributed by atoms with Crippen molar-refractivity contribution < 1.29 is 14.3 Å². The highest BCUT2D eigenvalue weighted by atomic mass is 19.1. The maximum atomic E-state index is 14.6. The predicted octanol–water partition coefficient (Wildman–Crippen LogP) is 2.23. The van der Waals surface area contributed by atoms with Gasteiger partial charge in [0, 0.05) is 11.1 Å². The third-order valence-corrected chi connectivity index (χ3v) is 2.80. The molecule has 98 valence electrons. The first-order valence-electron chi connectivity index (χ1n) is 5.88. The fourth-order valence-electron chi connectivity index (χ4n) is 1.75. The topological polar surface area (TPSA) is 49.3 Å². The Bertz CT molecular complexity index is 545.